The highest BCUT2D eigenvalue weighted by atomic mass is 16.5. The van der Waals surface area contributed by atoms with Gasteiger partial charge in [-0.2, -0.15) is 4.98 Å². The van der Waals surface area contributed by atoms with Crippen LogP contribution in [0.2, 0.25) is 0 Å². The molecule has 0 aliphatic heterocycles. The van der Waals surface area contributed by atoms with Crippen molar-refractivity contribution in [2.75, 3.05) is 24.2 Å². The number of ether oxygens (including phenoxy) is 1. The van der Waals surface area contributed by atoms with E-state index in [1.54, 1.807) is 0 Å². The van der Waals surface area contributed by atoms with E-state index in [0.717, 1.165) is 43.9 Å². The van der Waals surface area contributed by atoms with Crippen LogP contribution < -0.4 is 15.8 Å². The van der Waals surface area contributed by atoms with Crippen molar-refractivity contribution in [1.82, 2.24) is 9.97 Å². The van der Waals surface area contributed by atoms with Gasteiger partial charge in [0.2, 0.25) is 5.88 Å². The molecule has 5 nitrogen and oxygen atoms in total. The van der Waals surface area contributed by atoms with Crippen molar-refractivity contribution in [3.05, 3.63) is 5.82 Å². The van der Waals surface area contributed by atoms with Crippen LogP contribution in [0, 0.1) is 0 Å². The predicted molar refractivity (Wildman–Crippen MR) is 88.9 cm³/mol. The standard InChI is InChI=1S/C16H30N4O/c1-4-7-8-9-11-18-15-14(17)16(21-12-6-3)20-13(19-15)10-5-2/h4-12,17H2,1-3H3,(H,18,19,20). The molecule has 0 saturated heterocycles. The zero-order valence-electron chi connectivity index (χ0n) is 13.7. The third-order valence-corrected chi connectivity index (χ3v) is 3.20. The van der Waals surface area contributed by atoms with E-state index in [-0.39, 0.29) is 0 Å². The molecule has 120 valence electrons. The Hall–Kier alpha value is -1.52. The maximum atomic E-state index is 6.12. The summed E-state index contributed by atoms with van der Waals surface area (Å²) in [5.74, 6) is 2.04. The van der Waals surface area contributed by atoms with Crippen molar-refractivity contribution >= 4 is 11.5 Å². The number of nitrogens with two attached hydrogens (primary N) is 1. The van der Waals surface area contributed by atoms with Gasteiger partial charge in [-0.25, -0.2) is 4.98 Å². The molecular weight excluding hydrogens is 264 g/mol. The maximum Gasteiger partial charge on any atom is 0.242 e. The molecule has 0 aliphatic rings. The quantitative estimate of drug-likeness (QED) is 0.607. The first-order chi connectivity index (χ1) is 10.2. The monoisotopic (exact) mass is 294 g/mol. The van der Waals surface area contributed by atoms with Gasteiger partial charge in [0, 0.05) is 13.0 Å². The van der Waals surface area contributed by atoms with Crippen LogP contribution in [0.1, 0.15) is 65.1 Å². The van der Waals surface area contributed by atoms with Crippen LogP contribution >= 0.6 is 0 Å². The van der Waals surface area contributed by atoms with Gasteiger partial charge in [0.15, 0.2) is 5.82 Å². The lowest BCUT2D eigenvalue weighted by Gasteiger charge is -2.14. The Bertz CT molecular complexity index is 410. The van der Waals surface area contributed by atoms with Crippen molar-refractivity contribution in [3.63, 3.8) is 0 Å². The lowest BCUT2D eigenvalue weighted by molar-refractivity contribution is 0.305. The van der Waals surface area contributed by atoms with Crippen molar-refractivity contribution < 1.29 is 4.74 Å². The second-order valence-corrected chi connectivity index (χ2v) is 5.29. The van der Waals surface area contributed by atoms with E-state index in [9.17, 15) is 0 Å². The van der Waals surface area contributed by atoms with Gasteiger partial charge >= 0.3 is 0 Å². The second kappa shape index (κ2) is 10.2. The number of rotatable bonds is 11. The molecule has 1 aromatic heterocycles. The van der Waals surface area contributed by atoms with Gasteiger partial charge in [0.25, 0.3) is 0 Å². The van der Waals surface area contributed by atoms with Crippen molar-refractivity contribution in [2.24, 2.45) is 0 Å². The van der Waals surface area contributed by atoms with Crippen molar-refractivity contribution in [2.45, 2.75) is 65.7 Å². The summed E-state index contributed by atoms with van der Waals surface area (Å²) in [7, 11) is 0. The minimum absolute atomic E-state index is 0.520. The molecule has 3 N–H and O–H groups in total. The van der Waals surface area contributed by atoms with Gasteiger partial charge in [0.1, 0.15) is 11.5 Å². The zero-order chi connectivity index (χ0) is 15.5. The molecule has 0 amide bonds. The number of hydrogen-bond donors (Lipinski definition) is 2. The normalized spacial score (nSPS) is 10.6. The van der Waals surface area contributed by atoms with E-state index in [1.807, 2.05) is 0 Å². The molecule has 0 atom stereocenters. The van der Waals surface area contributed by atoms with Crippen LogP contribution in [0.3, 0.4) is 0 Å². The van der Waals surface area contributed by atoms with Gasteiger partial charge < -0.3 is 15.8 Å². The van der Waals surface area contributed by atoms with E-state index in [4.69, 9.17) is 10.5 Å². The summed E-state index contributed by atoms with van der Waals surface area (Å²) >= 11 is 0. The molecule has 0 bridgehead atoms. The first-order valence-corrected chi connectivity index (χ1v) is 8.25. The van der Waals surface area contributed by atoms with Gasteiger partial charge in [-0.15, -0.1) is 0 Å². The molecule has 0 radical (unpaired) electrons. The molecule has 1 heterocycles. The molecule has 0 spiro atoms. The summed E-state index contributed by atoms with van der Waals surface area (Å²) in [6.07, 6.45) is 7.66. The first kappa shape index (κ1) is 17.5. The molecule has 0 unspecified atom stereocenters. The number of hydrogen-bond acceptors (Lipinski definition) is 5. The Labute approximate surface area is 128 Å². The number of aromatic nitrogens is 2. The molecule has 0 saturated carbocycles. The van der Waals surface area contributed by atoms with Crippen LogP contribution in [-0.4, -0.2) is 23.1 Å². The van der Waals surface area contributed by atoms with Crippen molar-refractivity contribution in [1.29, 1.82) is 0 Å². The average Bonchev–Trinajstić information content (AvgIpc) is 2.48. The topological polar surface area (TPSA) is 73.1 Å². The number of nitrogens with zero attached hydrogens (tertiary/aromatic N) is 2. The minimum Gasteiger partial charge on any atom is -0.476 e. The number of unbranched alkanes of at least 4 members (excludes halogenated alkanes) is 3. The largest absolute Gasteiger partial charge is 0.476 e. The number of nitrogens with one attached hydrogen (secondary N) is 1. The lowest BCUT2D eigenvalue weighted by atomic mass is 10.2. The van der Waals surface area contributed by atoms with Gasteiger partial charge in [0.05, 0.1) is 6.61 Å². The van der Waals surface area contributed by atoms with E-state index in [0.29, 0.717) is 18.2 Å². The third-order valence-electron chi connectivity index (χ3n) is 3.20. The van der Waals surface area contributed by atoms with Gasteiger partial charge in [-0.1, -0.05) is 40.0 Å². The molecule has 0 fully saturated rings. The van der Waals surface area contributed by atoms with Crippen LogP contribution in [-0.2, 0) is 6.42 Å². The van der Waals surface area contributed by atoms with E-state index in [1.165, 1.54) is 19.3 Å². The number of anilines is 2. The molecule has 21 heavy (non-hydrogen) atoms. The Morgan fingerprint density at radius 3 is 2.48 bits per heavy atom. The third kappa shape index (κ3) is 6.19. The molecule has 1 aromatic rings. The summed E-state index contributed by atoms with van der Waals surface area (Å²) in [6, 6.07) is 0. The fourth-order valence-corrected chi connectivity index (χ4v) is 2.03. The maximum absolute atomic E-state index is 6.12. The minimum atomic E-state index is 0.520. The smallest absolute Gasteiger partial charge is 0.242 e. The van der Waals surface area contributed by atoms with E-state index >= 15 is 0 Å². The fourth-order valence-electron chi connectivity index (χ4n) is 2.03. The van der Waals surface area contributed by atoms with Crippen molar-refractivity contribution in [3.8, 4) is 5.88 Å². The molecular formula is C16H30N4O. The van der Waals surface area contributed by atoms with Crippen LogP contribution in [0.4, 0.5) is 11.5 Å². The second-order valence-electron chi connectivity index (χ2n) is 5.29. The number of nitrogen functional groups attached to an aromatic ring is 1. The highest BCUT2D eigenvalue weighted by molar-refractivity contribution is 5.66. The van der Waals surface area contributed by atoms with Crippen LogP contribution in [0.25, 0.3) is 0 Å². The van der Waals surface area contributed by atoms with Gasteiger partial charge in [-0.3, -0.25) is 0 Å². The van der Waals surface area contributed by atoms with E-state index < -0.39 is 0 Å². The SMILES string of the molecule is CCCCCCNc1nc(CCC)nc(OCCC)c1N. The van der Waals surface area contributed by atoms with E-state index in [2.05, 4.69) is 36.1 Å². The Kier molecular flexibility index (Phi) is 8.55. The summed E-state index contributed by atoms with van der Waals surface area (Å²) in [5, 5.41) is 3.33. The zero-order valence-corrected chi connectivity index (χ0v) is 13.7. The summed E-state index contributed by atoms with van der Waals surface area (Å²) < 4.78 is 5.64. The number of aryl methyl sites for hydroxylation is 1. The predicted octanol–water partition coefficient (Wildman–Crippen LogP) is 3.79. The summed E-state index contributed by atoms with van der Waals surface area (Å²) in [5.41, 5.74) is 6.64. The Morgan fingerprint density at radius 2 is 1.81 bits per heavy atom. The average molecular weight is 294 g/mol. The van der Waals surface area contributed by atoms with Crippen LogP contribution in [0.15, 0.2) is 0 Å². The van der Waals surface area contributed by atoms with Gasteiger partial charge in [-0.05, 0) is 19.3 Å². The molecule has 0 aromatic carbocycles. The highest BCUT2D eigenvalue weighted by Gasteiger charge is 2.12. The summed E-state index contributed by atoms with van der Waals surface area (Å²) in [6.45, 7) is 7.91. The lowest BCUT2D eigenvalue weighted by Crippen LogP contribution is -2.12. The molecule has 0 aliphatic carbocycles. The highest BCUT2D eigenvalue weighted by Crippen LogP contribution is 2.26. The molecule has 5 heteroatoms. The Morgan fingerprint density at radius 1 is 1.00 bits per heavy atom. The Balaban J connectivity index is 2.72. The first-order valence-electron chi connectivity index (χ1n) is 8.25. The summed E-state index contributed by atoms with van der Waals surface area (Å²) in [4.78, 5) is 8.94. The van der Waals surface area contributed by atoms with Crippen LogP contribution in [0.5, 0.6) is 5.88 Å². The fraction of sp³-hybridized carbons (Fsp3) is 0.750. The molecule has 1 rings (SSSR count).